The fourth-order valence-corrected chi connectivity index (χ4v) is 4.80. The van der Waals surface area contributed by atoms with Crippen molar-refractivity contribution in [1.29, 1.82) is 0 Å². The van der Waals surface area contributed by atoms with E-state index in [1.807, 2.05) is 0 Å². The van der Waals surface area contributed by atoms with Gasteiger partial charge in [-0.25, -0.2) is 0 Å². The Morgan fingerprint density at radius 2 is 1.76 bits per heavy atom. The molecule has 206 valence electrons. The Morgan fingerprint density at radius 3 is 2.42 bits per heavy atom. The Balaban J connectivity index is 1.64. The molecule has 0 radical (unpaired) electrons. The molecule has 2 fully saturated rings. The van der Waals surface area contributed by atoms with Crippen LogP contribution in [0.1, 0.15) is 11.7 Å². The van der Waals surface area contributed by atoms with E-state index in [-0.39, 0.29) is 22.3 Å². The summed E-state index contributed by atoms with van der Waals surface area (Å²) in [5.74, 6) is -1.75. The van der Waals surface area contributed by atoms with Crippen molar-refractivity contribution in [3.63, 3.8) is 0 Å². The number of rotatable bonds is 5. The van der Waals surface area contributed by atoms with E-state index in [1.54, 1.807) is 0 Å². The summed E-state index contributed by atoms with van der Waals surface area (Å²) in [6, 6.07) is 4.74. The molecule has 0 amide bonds. The Hall–Kier alpha value is -3.05. The summed E-state index contributed by atoms with van der Waals surface area (Å²) >= 11 is 0. The summed E-state index contributed by atoms with van der Waals surface area (Å²) in [6.07, 6.45) is -11.9. The molecule has 3 aromatic rings. The third kappa shape index (κ3) is 4.07. The van der Waals surface area contributed by atoms with Crippen LogP contribution in [0.3, 0.4) is 0 Å². The molecule has 38 heavy (non-hydrogen) atoms. The van der Waals surface area contributed by atoms with Gasteiger partial charge in [0.2, 0.25) is 5.43 Å². The van der Waals surface area contributed by atoms with Crippen LogP contribution < -0.4 is 5.43 Å². The molecule has 2 aromatic carbocycles. The van der Waals surface area contributed by atoms with Crippen LogP contribution in [0.5, 0.6) is 17.2 Å². The van der Waals surface area contributed by atoms with Gasteiger partial charge in [0.15, 0.2) is 6.29 Å². The lowest BCUT2D eigenvalue weighted by atomic mass is 9.89. The molecule has 2 saturated heterocycles. The van der Waals surface area contributed by atoms with E-state index in [0.717, 1.165) is 12.1 Å². The van der Waals surface area contributed by atoms with E-state index >= 15 is 0 Å². The topological polar surface area (TPSA) is 240 Å². The van der Waals surface area contributed by atoms with Gasteiger partial charge in [-0.3, -0.25) is 4.79 Å². The first kappa shape index (κ1) is 26.6. The second kappa shape index (κ2) is 9.60. The smallest absolute Gasteiger partial charge is 0.204 e. The molecular formula is C24H26O14. The number of ether oxygens (including phenoxy) is 3. The highest BCUT2D eigenvalue weighted by molar-refractivity contribution is 5.95. The molecule has 3 heterocycles. The second-order valence-corrected chi connectivity index (χ2v) is 9.39. The van der Waals surface area contributed by atoms with E-state index in [2.05, 4.69) is 0 Å². The standard InChI is InChI=1S/C24H26O14/c25-5-13-17(30)19(32)21(38-23-22(33)24(34,6-26)7-35-23)20(37-13)14-10(28)4-12-15(18(14)31)16(29)9-3-8(27)1-2-11(9)36-12/h1-4,13,17,19-23,25-28,30-34H,5-7H2/t13-,17-,19+,20+,21-,22+,23+,24+/m1/s1. The molecule has 2 aliphatic rings. The van der Waals surface area contributed by atoms with Crippen LogP contribution in [0.15, 0.2) is 33.5 Å². The number of phenols is 3. The molecule has 14 nitrogen and oxygen atoms in total. The Morgan fingerprint density at radius 1 is 1.03 bits per heavy atom. The summed E-state index contributed by atoms with van der Waals surface area (Å²) in [5.41, 5.74) is -3.51. The van der Waals surface area contributed by atoms with E-state index in [9.17, 15) is 50.8 Å². The zero-order valence-electron chi connectivity index (χ0n) is 19.5. The predicted molar refractivity (Wildman–Crippen MR) is 124 cm³/mol. The van der Waals surface area contributed by atoms with Gasteiger partial charge in [-0.15, -0.1) is 0 Å². The van der Waals surface area contributed by atoms with Gasteiger partial charge in [0.05, 0.1) is 30.8 Å². The lowest BCUT2D eigenvalue weighted by Gasteiger charge is -2.43. The first-order chi connectivity index (χ1) is 18.0. The van der Waals surface area contributed by atoms with Crippen molar-refractivity contribution >= 4 is 21.9 Å². The van der Waals surface area contributed by atoms with E-state index in [0.29, 0.717) is 0 Å². The highest BCUT2D eigenvalue weighted by Crippen LogP contribution is 2.46. The molecule has 0 bridgehead atoms. The minimum Gasteiger partial charge on any atom is -0.508 e. The Bertz CT molecular complexity index is 1420. The fraction of sp³-hybridized carbons (Fsp3) is 0.458. The number of benzene rings is 2. The summed E-state index contributed by atoms with van der Waals surface area (Å²) in [4.78, 5) is 13.2. The maximum Gasteiger partial charge on any atom is 0.204 e. The number of hydrogen-bond donors (Lipinski definition) is 9. The number of aliphatic hydroxyl groups excluding tert-OH is 5. The van der Waals surface area contributed by atoms with Crippen molar-refractivity contribution in [2.45, 2.75) is 48.5 Å². The van der Waals surface area contributed by atoms with Crippen LogP contribution in [0, 0.1) is 0 Å². The summed E-state index contributed by atoms with van der Waals surface area (Å²) in [5, 5.41) is 92.3. The summed E-state index contributed by atoms with van der Waals surface area (Å²) in [7, 11) is 0. The fourth-order valence-electron chi connectivity index (χ4n) is 4.80. The van der Waals surface area contributed by atoms with Crippen molar-refractivity contribution in [2.24, 2.45) is 0 Å². The molecule has 5 rings (SSSR count). The maximum atomic E-state index is 13.2. The number of hydrogen-bond acceptors (Lipinski definition) is 14. The van der Waals surface area contributed by atoms with Crippen molar-refractivity contribution in [3.8, 4) is 17.2 Å². The summed E-state index contributed by atoms with van der Waals surface area (Å²) < 4.78 is 22.1. The van der Waals surface area contributed by atoms with Crippen LogP contribution in [-0.4, -0.2) is 108 Å². The van der Waals surface area contributed by atoms with Crippen LogP contribution in [-0.2, 0) is 14.2 Å². The van der Waals surface area contributed by atoms with Crippen molar-refractivity contribution in [1.82, 2.24) is 0 Å². The lowest BCUT2D eigenvalue weighted by Crippen LogP contribution is -2.58. The predicted octanol–water partition coefficient (Wildman–Crippen LogP) is -1.96. The van der Waals surface area contributed by atoms with Crippen molar-refractivity contribution < 1.29 is 64.6 Å². The first-order valence-corrected chi connectivity index (χ1v) is 11.6. The summed E-state index contributed by atoms with van der Waals surface area (Å²) in [6.45, 7) is -2.23. The average molecular weight is 538 g/mol. The number of phenolic OH excluding ortho intramolecular Hbond substituents is 3. The molecule has 9 N–H and O–H groups in total. The highest BCUT2D eigenvalue weighted by atomic mass is 16.7. The van der Waals surface area contributed by atoms with Crippen molar-refractivity contribution in [2.75, 3.05) is 19.8 Å². The first-order valence-electron chi connectivity index (χ1n) is 11.6. The van der Waals surface area contributed by atoms with Crippen molar-refractivity contribution in [3.05, 3.63) is 40.1 Å². The third-order valence-electron chi connectivity index (χ3n) is 6.96. The van der Waals surface area contributed by atoms with Crippen LogP contribution >= 0.6 is 0 Å². The van der Waals surface area contributed by atoms with Gasteiger partial charge >= 0.3 is 0 Å². The van der Waals surface area contributed by atoms with Crippen LogP contribution in [0.4, 0.5) is 0 Å². The average Bonchev–Trinajstić information content (AvgIpc) is 3.17. The van der Waals surface area contributed by atoms with Gasteiger partial charge in [-0.05, 0) is 18.2 Å². The molecule has 14 heteroatoms. The zero-order valence-corrected chi connectivity index (χ0v) is 19.5. The number of aliphatic hydroxyl groups is 6. The Labute approximate surface area is 212 Å². The third-order valence-corrected chi connectivity index (χ3v) is 6.96. The van der Waals surface area contributed by atoms with E-state index in [4.69, 9.17) is 18.6 Å². The highest BCUT2D eigenvalue weighted by Gasteiger charge is 2.53. The molecule has 0 spiro atoms. The van der Waals surface area contributed by atoms with Crippen LogP contribution in [0.25, 0.3) is 21.9 Å². The van der Waals surface area contributed by atoms with Gasteiger partial charge in [-0.1, -0.05) is 0 Å². The number of fused-ring (bicyclic) bond motifs is 2. The molecule has 0 saturated carbocycles. The second-order valence-electron chi connectivity index (χ2n) is 9.39. The van der Waals surface area contributed by atoms with Gasteiger partial charge < -0.3 is 64.6 Å². The Kier molecular flexibility index (Phi) is 6.71. The SMILES string of the molecule is O=c1c2cc(O)ccc2oc2cc(O)c([C@@H]3O[C@H](CO)[C@@H](O)[C@H](O)[C@H]3O[C@@H]3OC[C@@](O)(CO)[C@H]3O)c(O)c12. The van der Waals surface area contributed by atoms with Gasteiger partial charge in [0, 0.05) is 6.07 Å². The van der Waals surface area contributed by atoms with Gasteiger partial charge in [-0.2, -0.15) is 0 Å². The van der Waals surface area contributed by atoms with Gasteiger partial charge in [0.1, 0.15) is 76.0 Å². The lowest BCUT2D eigenvalue weighted by molar-refractivity contribution is -0.287. The largest absolute Gasteiger partial charge is 0.508 e. The van der Waals surface area contributed by atoms with E-state index < -0.39 is 96.2 Å². The molecule has 0 aliphatic carbocycles. The van der Waals surface area contributed by atoms with Gasteiger partial charge in [0.25, 0.3) is 0 Å². The maximum absolute atomic E-state index is 13.2. The molecule has 0 unspecified atom stereocenters. The minimum atomic E-state index is -2.09. The van der Waals surface area contributed by atoms with E-state index in [1.165, 1.54) is 12.1 Å². The molecular weight excluding hydrogens is 512 g/mol. The van der Waals surface area contributed by atoms with Crippen LogP contribution in [0.2, 0.25) is 0 Å². The number of aromatic hydroxyl groups is 3. The molecule has 1 aromatic heterocycles. The minimum absolute atomic E-state index is 0.0598. The normalized spacial score (nSPS) is 33.8. The molecule has 2 aliphatic heterocycles. The monoisotopic (exact) mass is 538 g/mol. The quantitative estimate of drug-likeness (QED) is 0.160. The molecule has 8 atom stereocenters. The zero-order chi connectivity index (χ0) is 27.5.